The van der Waals surface area contributed by atoms with Crippen LogP contribution in [-0.4, -0.2) is 44.5 Å². The molecule has 0 aromatic carbocycles. The smallest absolute Gasteiger partial charge is 0.260 e. The molecule has 19 heavy (non-hydrogen) atoms. The van der Waals surface area contributed by atoms with Crippen LogP contribution >= 0.6 is 0 Å². The highest BCUT2D eigenvalue weighted by Gasteiger charge is 2.18. The van der Waals surface area contributed by atoms with E-state index in [1.807, 2.05) is 0 Å². The fourth-order valence-electron chi connectivity index (χ4n) is 1.78. The Bertz CT molecular complexity index is 490. The van der Waals surface area contributed by atoms with Crippen LogP contribution in [0.25, 0.3) is 0 Å². The second-order valence-corrected chi connectivity index (χ2v) is 5.91. The third kappa shape index (κ3) is 4.77. The second-order valence-electron chi connectivity index (χ2n) is 4.23. The maximum Gasteiger partial charge on any atom is 0.260 e. The molecule has 0 bridgehead atoms. The minimum atomic E-state index is -3.62. The standard InChI is InChI=1S/C12H22N4O2S/c1-3-9-16(4-2)10-8-15-19(17,18)12-11(13)6-5-7-14-12/h5-7,15H,3-4,8-10,13H2,1-2H3. The Kier molecular flexibility index (Phi) is 6.20. The summed E-state index contributed by atoms with van der Waals surface area (Å²) in [5, 5.41) is -0.103. The topological polar surface area (TPSA) is 88.3 Å². The zero-order chi connectivity index (χ0) is 14.3. The van der Waals surface area contributed by atoms with E-state index < -0.39 is 10.0 Å². The Labute approximate surface area is 115 Å². The summed E-state index contributed by atoms with van der Waals surface area (Å²) in [5.74, 6) is 0. The zero-order valence-corrected chi connectivity index (χ0v) is 12.3. The molecule has 1 aromatic heterocycles. The Morgan fingerprint density at radius 1 is 1.37 bits per heavy atom. The van der Waals surface area contributed by atoms with Crippen molar-refractivity contribution in [2.75, 3.05) is 31.9 Å². The Hall–Kier alpha value is -1.18. The highest BCUT2D eigenvalue weighted by Crippen LogP contribution is 2.13. The number of sulfonamides is 1. The predicted octanol–water partition coefficient (Wildman–Crippen LogP) is 0.674. The number of nitrogen functional groups attached to an aromatic ring is 1. The van der Waals surface area contributed by atoms with E-state index in [1.165, 1.54) is 12.3 Å². The van der Waals surface area contributed by atoms with E-state index in [-0.39, 0.29) is 10.7 Å². The maximum absolute atomic E-state index is 12.0. The average molecular weight is 286 g/mol. The molecular formula is C12H22N4O2S. The second kappa shape index (κ2) is 7.42. The minimum absolute atomic E-state index is 0.103. The van der Waals surface area contributed by atoms with E-state index in [4.69, 9.17) is 5.73 Å². The van der Waals surface area contributed by atoms with Crippen molar-refractivity contribution in [3.05, 3.63) is 18.3 Å². The Morgan fingerprint density at radius 2 is 2.11 bits per heavy atom. The summed E-state index contributed by atoms with van der Waals surface area (Å²) in [6.45, 7) is 7.05. The number of nitrogens with two attached hydrogens (primary N) is 1. The predicted molar refractivity (Wildman–Crippen MR) is 76.2 cm³/mol. The largest absolute Gasteiger partial charge is 0.396 e. The number of nitrogens with one attached hydrogen (secondary N) is 1. The molecule has 0 saturated carbocycles. The van der Waals surface area contributed by atoms with Gasteiger partial charge in [0.05, 0.1) is 5.69 Å². The van der Waals surface area contributed by atoms with Gasteiger partial charge in [0.25, 0.3) is 10.0 Å². The number of anilines is 1. The van der Waals surface area contributed by atoms with Crippen LogP contribution in [0.1, 0.15) is 20.3 Å². The molecule has 1 heterocycles. The van der Waals surface area contributed by atoms with Crippen molar-refractivity contribution < 1.29 is 8.42 Å². The van der Waals surface area contributed by atoms with Crippen molar-refractivity contribution in [2.24, 2.45) is 0 Å². The number of likely N-dealkylation sites (N-methyl/N-ethyl adjacent to an activating group) is 1. The quantitative estimate of drug-likeness (QED) is 0.733. The molecule has 0 radical (unpaired) electrons. The highest BCUT2D eigenvalue weighted by atomic mass is 32.2. The van der Waals surface area contributed by atoms with Gasteiger partial charge >= 0.3 is 0 Å². The number of hydrogen-bond donors (Lipinski definition) is 2. The summed E-state index contributed by atoms with van der Waals surface area (Å²) in [6, 6.07) is 3.13. The number of pyridine rings is 1. The molecule has 0 saturated heterocycles. The van der Waals surface area contributed by atoms with E-state index in [1.54, 1.807) is 6.07 Å². The van der Waals surface area contributed by atoms with Crippen LogP contribution < -0.4 is 10.5 Å². The molecular weight excluding hydrogens is 264 g/mol. The summed E-state index contributed by atoms with van der Waals surface area (Å²) < 4.78 is 26.5. The first-order valence-corrected chi connectivity index (χ1v) is 7.92. The van der Waals surface area contributed by atoms with Gasteiger partial charge < -0.3 is 10.6 Å². The molecule has 0 aliphatic carbocycles. The molecule has 0 aliphatic rings. The van der Waals surface area contributed by atoms with E-state index in [9.17, 15) is 8.42 Å². The van der Waals surface area contributed by atoms with E-state index >= 15 is 0 Å². The van der Waals surface area contributed by atoms with E-state index in [0.717, 1.165) is 19.5 Å². The van der Waals surface area contributed by atoms with E-state index in [2.05, 4.69) is 28.5 Å². The molecule has 6 nitrogen and oxygen atoms in total. The molecule has 0 atom stereocenters. The van der Waals surface area contributed by atoms with Crippen LogP contribution in [0.4, 0.5) is 5.69 Å². The van der Waals surface area contributed by atoms with Gasteiger partial charge in [-0.2, -0.15) is 0 Å². The van der Waals surface area contributed by atoms with Crippen LogP contribution in [0.15, 0.2) is 23.4 Å². The molecule has 0 unspecified atom stereocenters. The molecule has 108 valence electrons. The highest BCUT2D eigenvalue weighted by molar-refractivity contribution is 7.89. The summed E-state index contributed by atoms with van der Waals surface area (Å²) in [5.41, 5.74) is 5.78. The maximum atomic E-state index is 12.0. The molecule has 3 N–H and O–H groups in total. The van der Waals surface area contributed by atoms with Crippen molar-refractivity contribution >= 4 is 15.7 Å². The van der Waals surface area contributed by atoms with Gasteiger partial charge in [-0.1, -0.05) is 13.8 Å². The molecule has 0 aliphatic heterocycles. The lowest BCUT2D eigenvalue weighted by Crippen LogP contribution is -2.35. The van der Waals surface area contributed by atoms with Crippen LogP contribution in [0, 0.1) is 0 Å². The van der Waals surface area contributed by atoms with Crippen LogP contribution in [0.2, 0.25) is 0 Å². The van der Waals surface area contributed by atoms with Gasteiger partial charge in [0.2, 0.25) is 0 Å². The number of hydrogen-bond acceptors (Lipinski definition) is 5. The van der Waals surface area contributed by atoms with Gasteiger partial charge in [0.1, 0.15) is 0 Å². The fraction of sp³-hybridized carbons (Fsp3) is 0.583. The lowest BCUT2D eigenvalue weighted by molar-refractivity contribution is 0.293. The molecule has 1 rings (SSSR count). The summed E-state index contributed by atoms with van der Waals surface area (Å²) in [4.78, 5) is 6.00. The van der Waals surface area contributed by atoms with Gasteiger partial charge in [-0.05, 0) is 31.6 Å². The van der Waals surface area contributed by atoms with Gasteiger partial charge in [0.15, 0.2) is 5.03 Å². The third-order valence-electron chi connectivity index (χ3n) is 2.76. The minimum Gasteiger partial charge on any atom is -0.396 e. The number of nitrogens with zero attached hydrogens (tertiary/aromatic N) is 2. The lowest BCUT2D eigenvalue weighted by Gasteiger charge is -2.19. The Balaban J connectivity index is 2.59. The summed E-state index contributed by atoms with van der Waals surface area (Å²) in [7, 11) is -3.62. The van der Waals surface area contributed by atoms with Gasteiger partial charge in [0, 0.05) is 19.3 Å². The van der Waals surface area contributed by atoms with Crippen molar-refractivity contribution in [2.45, 2.75) is 25.3 Å². The normalized spacial score (nSPS) is 11.9. The van der Waals surface area contributed by atoms with Crippen LogP contribution in [-0.2, 0) is 10.0 Å². The van der Waals surface area contributed by atoms with Crippen molar-refractivity contribution in [3.63, 3.8) is 0 Å². The molecule has 0 spiro atoms. The summed E-state index contributed by atoms with van der Waals surface area (Å²) >= 11 is 0. The average Bonchev–Trinajstić information content (AvgIpc) is 2.38. The molecule has 0 fully saturated rings. The van der Waals surface area contributed by atoms with Gasteiger partial charge in [-0.15, -0.1) is 0 Å². The fourth-order valence-corrected chi connectivity index (χ4v) is 2.85. The molecule has 7 heteroatoms. The first kappa shape index (κ1) is 15.9. The third-order valence-corrected chi connectivity index (χ3v) is 4.20. The SMILES string of the molecule is CCCN(CC)CCNS(=O)(=O)c1ncccc1N. The van der Waals surface area contributed by atoms with Crippen molar-refractivity contribution in [3.8, 4) is 0 Å². The first-order valence-electron chi connectivity index (χ1n) is 6.43. The van der Waals surface area contributed by atoms with Crippen LogP contribution in [0.5, 0.6) is 0 Å². The molecule has 0 amide bonds. The van der Waals surface area contributed by atoms with Gasteiger partial charge in [-0.3, -0.25) is 0 Å². The van der Waals surface area contributed by atoms with E-state index in [0.29, 0.717) is 13.1 Å². The zero-order valence-electron chi connectivity index (χ0n) is 11.5. The van der Waals surface area contributed by atoms with Crippen molar-refractivity contribution in [1.29, 1.82) is 0 Å². The Morgan fingerprint density at radius 3 is 2.68 bits per heavy atom. The van der Waals surface area contributed by atoms with Crippen LogP contribution in [0.3, 0.4) is 0 Å². The van der Waals surface area contributed by atoms with Gasteiger partial charge in [-0.25, -0.2) is 18.1 Å². The monoisotopic (exact) mass is 286 g/mol. The van der Waals surface area contributed by atoms with Crippen molar-refractivity contribution in [1.82, 2.24) is 14.6 Å². The summed E-state index contributed by atoms with van der Waals surface area (Å²) in [6.07, 6.45) is 2.47. The lowest BCUT2D eigenvalue weighted by atomic mass is 10.4. The first-order chi connectivity index (χ1) is 9.01. The number of rotatable bonds is 8. The number of aromatic nitrogens is 1. The molecule has 1 aromatic rings.